The molecule has 1 heterocycles. The molecule has 0 bridgehead atoms. The van der Waals surface area contributed by atoms with Crippen LogP contribution in [-0.4, -0.2) is 16.9 Å². The van der Waals surface area contributed by atoms with E-state index >= 15 is 0 Å². The molecule has 1 atom stereocenters. The fourth-order valence-corrected chi connectivity index (χ4v) is 2.71. The Kier molecular flexibility index (Phi) is 3.73. The van der Waals surface area contributed by atoms with Gasteiger partial charge in [-0.2, -0.15) is 5.10 Å². The van der Waals surface area contributed by atoms with Crippen molar-refractivity contribution < 1.29 is 4.74 Å². The lowest BCUT2D eigenvalue weighted by molar-refractivity contribution is 0.406. The van der Waals surface area contributed by atoms with Gasteiger partial charge in [-0.3, -0.25) is 4.68 Å². The number of hydrogen-bond acceptors (Lipinski definition) is 3. The zero-order valence-electron chi connectivity index (χ0n) is 10.6. The van der Waals surface area contributed by atoms with E-state index in [-0.39, 0.29) is 6.04 Å². The molecule has 0 radical (unpaired) electrons. The second-order valence-corrected chi connectivity index (χ2v) is 5.08. The molecule has 4 nitrogen and oxygen atoms in total. The van der Waals surface area contributed by atoms with Gasteiger partial charge in [0.2, 0.25) is 0 Å². The lowest BCUT2D eigenvalue weighted by Crippen LogP contribution is -2.17. The van der Waals surface area contributed by atoms with Gasteiger partial charge in [-0.05, 0) is 24.1 Å². The first-order valence-electron chi connectivity index (χ1n) is 5.62. The molecule has 1 aromatic heterocycles. The maximum atomic E-state index is 6.32. The minimum absolute atomic E-state index is 0.276. The molecule has 0 aliphatic carbocycles. The summed E-state index contributed by atoms with van der Waals surface area (Å²) in [4.78, 5) is 0. The first-order valence-corrected chi connectivity index (χ1v) is 6.41. The highest BCUT2D eigenvalue weighted by Gasteiger charge is 2.20. The van der Waals surface area contributed by atoms with Gasteiger partial charge < -0.3 is 10.5 Å². The lowest BCUT2D eigenvalue weighted by atomic mass is 10.0. The van der Waals surface area contributed by atoms with Crippen LogP contribution in [-0.2, 0) is 7.05 Å². The number of benzene rings is 1. The third-order valence-electron chi connectivity index (χ3n) is 2.95. The molecule has 2 N–H and O–H groups in total. The largest absolute Gasteiger partial charge is 0.493 e. The van der Waals surface area contributed by atoms with Crippen LogP contribution in [0, 0.1) is 6.92 Å². The van der Waals surface area contributed by atoms with E-state index in [1.165, 1.54) is 5.56 Å². The second kappa shape index (κ2) is 5.12. The van der Waals surface area contributed by atoms with E-state index in [1.54, 1.807) is 18.0 Å². The second-order valence-electron chi connectivity index (χ2n) is 4.22. The van der Waals surface area contributed by atoms with Crippen LogP contribution >= 0.6 is 15.9 Å². The highest BCUT2D eigenvalue weighted by molar-refractivity contribution is 9.10. The molecule has 96 valence electrons. The maximum absolute atomic E-state index is 6.32. The molecular formula is C13H16BrN3O. The summed E-state index contributed by atoms with van der Waals surface area (Å²) >= 11 is 3.55. The van der Waals surface area contributed by atoms with E-state index < -0.39 is 0 Å². The van der Waals surface area contributed by atoms with E-state index in [1.807, 2.05) is 26.1 Å². The van der Waals surface area contributed by atoms with Gasteiger partial charge in [0.05, 0.1) is 19.3 Å². The summed E-state index contributed by atoms with van der Waals surface area (Å²) in [7, 11) is 3.48. The number of aryl methyl sites for hydroxylation is 2. The van der Waals surface area contributed by atoms with Crippen molar-refractivity contribution >= 4 is 15.9 Å². The Morgan fingerprint density at radius 3 is 2.78 bits per heavy atom. The maximum Gasteiger partial charge on any atom is 0.161 e. The van der Waals surface area contributed by atoms with Crippen molar-refractivity contribution in [1.82, 2.24) is 9.78 Å². The molecule has 0 spiro atoms. The highest BCUT2D eigenvalue weighted by atomic mass is 79.9. The van der Waals surface area contributed by atoms with Crippen LogP contribution < -0.4 is 10.5 Å². The molecule has 0 amide bonds. The molecule has 2 aromatic rings. The molecule has 0 fully saturated rings. The average molecular weight is 310 g/mol. The molecule has 2 rings (SSSR count). The first kappa shape index (κ1) is 13.1. The Bertz CT molecular complexity index is 565. The Hall–Kier alpha value is -1.33. The van der Waals surface area contributed by atoms with E-state index in [0.717, 1.165) is 15.7 Å². The van der Waals surface area contributed by atoms with Crippen LogP contribution in [0.2, 0.25) is 0 Å². The molecule has 0 aliphatic rings. The zero-order valence-corrected chi connectivity index (χ0v) is 12.2. The van der Waals surface area contributed by atoms with Gasteiger partial charge in [-0.25, -0.2) is 0 Å². The molecule has 0 saturated carbocycles. The van der Waals surface area contributed by atoms with E-state index in [4.69, 9.17) is 10.5 Å². The summed E-state index contributed by atoms with van der Waals surface area (Å²) in [5, 5.41) is 4.18. The molecule has 0 aliphatic heterocycles. The molecular weight excluding hydrogens is 294 g/mol. The highest BCUT2D eigenvalue weighted by Crippen LogP contribution is 2.31. The molecule has 0 saturated heterocycles. The molecule has 1 unspecified atom stereocenters. The minimum Gasteiger partial charge on any atom is -0.493 e. The first-order chi connectivity index (χ1) is 8.54. The van der Waals surface area contributed by atoms with Crippen LogP contribution in [0.1, 0.15) is 22.9 Å². The summed E-state index contributed by atoms with van der Waals surface area (Å²) in [5.41, 5.74) is 9.39. The Balaban J connectivity index is 2.47. The quantitative estimate of drug-likeness (QED) is 0.948. The van der Waals surface area contributed by atoms with Crippen molar-refractivity contribution in [3.05, 3.63) is 45.7 Å². The summed E-state index contributed by atoms with van der Waals surface area (Å²) in [6.45, 7) is 2.05. The third kappa shape index (κ3) is 2.28. The van der Waals surface area contributed by atoms with Gasteiger partial charge >= 0.3 is 0 Å². The van der Waals surface area contributed by atoms with Crippen molar-refractivity contribution in [3.63, 3.8) is 0 Å². The number of nitrogens with zero attached hydrogens (tertiary/aromatic N) is 2. The van der Waals surface area contributed by atoms with Crippen LogP contribution in [0.5, 0.6) is 5.75 Å². The zero-order chi connectivity index (χ0) is 13.3. The number of nitrogens with two attached hydrogens (primary N) is 1. The van der Waals surface area contributed by atoms with Gasteiger partial charge in [-0.1, -0.05) is 28.1 Å². The summed E-state index contributed by atoms with van der Waals surface area (Å²) in [6.07, 6.45) is 1.68. The molecule has 1 aromatic carbocycles. The fourth-order valence-electron chi connectivity index (χ4n) is 1.97. The summed E-state index contributed by atoms with van der Waals surface area (Å²) < 4.78 is 8.04. The Morgan fingerprint density at radius 2 is 2.17 bits per heavy atom. The number of methoxy groups -OCH3 is 1. The normalized spacial score (nSPS) is 12.5. The van der Waals surface area contributed by atoms with Crippen molar-refractivity contribution in [2.45, 2.75) is 13.0 Å². The third-order valence-corrected chi connectivity index (χ3v) is 3.64. The summed E-state index contributed by atoms with van der Waals surface area (Å²) in [5.74, 6) is 0.706. The van der Waals surface area contributed by atoms with E-state index in [2.05, 4.69) is 27.1 Å². The van der Waals surface area contributed by atoms with Gasteiger partial charge in [0, 0.05) is 11.5 Å². The topological polar surface area (TPSA) is 53.1 Å². The SMILES string of the molecule is COc1cnn(C)c1C(N)c1ccc(C)cc1Br. The standard InChI is InChI=1S/C13H16BrN3O/c1-8-4-5-9(10(14)6-8)12(15)13-11(18-3)7-16-17(13)2/h4-7,12H,15H2,1-3H3. The van der Waals surface area contributed by atoms with Gasteiger partial charge in [0.15, 0.2) is 5.75 Å². The predicted octanol–water partition coefficient (Wildman–Crippen LogP) is 2.55. The van der Waals surface area contributed by atoms with Gasteiger partial charge in [0.1, 0.15) is 5.69 Å². The number of aromatic nitrogens is 2. The minimum atomic E-state index is -0.276. The van der Waals surface area contributed by atoms with Gasteiger partial charge in [-0.15, -0.1) is 0 Å². The molecule has 5 heteroatoms. The predicted molar refractivity (Wildman–Crippen MR) is 74.7 cm³/mol. The number of hydrogen-bond donors (Lipinski definition) is 1. The Morgan fingerprint density at radius 1 is 1.44 bits per heavy atom. The van der Waals surface area contributed by atoms with E-state index in [0.29, 0.717) is 5.75 Å². The van der Waals surface area contributed by atoms with Crippen molar-refractivity contribution in [3.8, 4) is 5.75 Å². The smallest absolute Gasteiger partial charge is 0.161 e. The monoisotopic (exact) mass is 309 g/mol. The van der Waals surface area contributed by atoms with Crippen LogP contribution in [0.15, 0.2) is 28.9 Å². The lowest BCUT2D eigenvalue weighted by Gasteiger charge is -2.16. The van der Waals surface area contributed by atoms with Crippen LogP contribution in [0.4, 0.5) is 0 Å². The average Bonchev–Trinajstić information content (AvgIpc) is 2.69. The van der Waals surface area contributed by atoms with Crippen molar-refractivity contribution in [2.24, 2.45) is 12.8 Å². The molecule has 18 heavy (non-hydrogen) atoms. The number of halogens is 1. The summed E-state index contributed by atoms with van der Waals surface area (Å²) in [6, 6.07) is 5.85. The number of rotatable bonds is 3. The number of ether oxygens (including phenoxy) is 1. The fraction of sp³-hybridized carbons (Fsp3) is 0.308. The van der Waals surface area contributed by atoms with Crippen LogP contribution in [0.3, 0.4) is 0 Å². The van der Waals surface area contributed by atoms with Crippen LogP contribution in [0.25, 0.3) is 0 Å². The van der Waals surface area contributed by atoms with Gasteiger partial charge in [0.25, 0.3) is 0 Å². The van der Waals surface area contributed by atoms with Crippen molar-refractivity contribution in [2.75, 3.05) is 7.11 Å². The Labute approximate surface area is 115 Å². The van der Waals surface area contributed by atoms with E-state index in [9.17, 15) is 0 Å². The van der Waals surface area contributed by atoms with Crippen molar-refractivity contribution in [1.29, 1.82) is 0 Å².